The van der Waals surface area contributed by atoms with Crippen LogP contribution in [0.2, 0.25) is 0 Å². The van der Waals surface area contributed by atoms with Crippen LogP contribution in [0.3, 0.4) is 0 Å². The Labute approximate surface area is 165 Å². The number of rotatable bonds is 7. The Hall–Kier alpha value is -2.70. The molecule has 2 aromatic carbocycles. The highest BCUT2D eigenvalue weighted by Crippen LogP contribution is 2.11. The lowest BCUT2D eigenvalue weighted by Crippen LogP contribution is -3.12. The fourth-order valence-corrected chi connectivity index (χ4v) is 3.21. The van der Waals surface area contributed by atoms with Gasteiger partial charge in [0.1, 0.15) is 19.6 Å². The molecule has 1 saturated heterocycles. The van der Waals surface area contributed by atoms with Crippen molar-refractivity contribution in [1.82, 2.24) is 5.32 Å². The lowest BCUT2D eigenvalue weighted by atomic mass is 10.1. The van der Waals surface area contributed by atoms with Gasteiger partial charge in [0.15, 0.2) is 6.61 Å². The van der Waals surface area contributed by atoms with Crippen LogP contribution < -0.4 is 10.2 Å². The van der Waals surface area contributed by atoms with Gasteiger partial charge in [-0.05, 0) is 24.6 Å². The average Bonchev–Trinajstić information content (AvgIpc) is 2.74. The summed E-state index contributed by atoms with van der Waals surface area (Å²) in [6.45, 7) is 6.11. The van der Waals surface area contributed by atoms with Gasteiger partial charge in [0.2, 0.25) is 0 Å². The second-order valence-corrected chi connectivity index (χ2v) is 7.01. The molecule has 1 amide bonds. The van der Waals surface area contributed by atoms with Crippen molar-refractivity contribution in [2.24, 2.45) is 0 Å². The molecule has 2 aromatic rings. The van der Waals surface area contributed by atoms with Gasteiger partial charge in [-0.3, -0.25) is 4.79 Å². The standard InChI is InChI=1S/C22H26N2O4/c1-17(19-5-3-2-4-6-19)23-21(25)16-28-22(26)20-9-7-18(8-10-20)15-24-11-13-27-14-12-24/h2-10,17H,11-16H2,1H3,(H,23,25)/p+1/t17-/m0/s1. The Balaban J connectivity index is 1.44. The third-order valence-electron chi connectivity index (χ3n) is 4.86. The van der Waals surface area contributed by atoms with Gasteiger partial charge in [0.05, 0.1) is 24.8 Å². The number of carbonyl (C=O) groups excluding carboxylic acids is 2. The molecular weight excluding hydrogens is 356 g/mol. The molecule has 1 fully saturated rings. The van der Waals surface area contributed by atoms with Crippen LogP contribution in [0.25, 0.3) is 0 Å². The molecule has 6 nitrogen and oxygen atoms in total. The van der Waals surface area contributed by atoms with Crippen LogP contribution in [-0.4, -0.2) is 44.8 Å². The van der Waals surface area contributed by atoms with E-state index in [-0.39, 0.29) is 18.6 Å². The minimum absolute atomic E-state index is 0.144. The second kappa shape index (κ2) is 10.0. The number of amides is 1. The molecule has 0 aromatic heterocycles. The normalized spacial score (nSPS) is 15.6. The Kier molecular flexibility index (Phi) is 7.17. The summed E-state index contributed by atoms with van der Waals surface area (Å²) in [4.78, 5) is 25.7. The van der Waals surface area contributed by atoms with Crippen LogP contribution in [-0.2, 0) is 20.8 Å². The third-order valence-corrected chi connectivity index (χ3v) is 4.86. The molecular formula is C22H27N2O4+. The molecule has 28 heavy (non-hydrogen) atoms. The van der Waals surface area contributed by atoms with Crippen molar-refractivity contribution < 1.29 is 24.0 Å². The highest BCUT2D eigenvalue weighted by molar-refractivity contribution is 5.91. The Morgan fingerprint density at radius 2 is 1.75 bits per heavy atom. The topological polar surface area (TPSA) is 69.1 Å². The van der Waals surface area contributed by atoms with E-state index < -0.39 is 5.97 Å². The van der Waals surface area contributed by atoms with Gasteiger partial charge in [0.25, 0.3) is 5.91 Å². The predicted octanol–water partition coefficient (Wildman–Crippen LogP) is 1.14. The molecule has 1 atom stereocenters. The van der Waals surface area contributed by atoms with E-state index in [1.807, 2.05) is 49.4 Å². The summed E-state index contributed by atoms with van der Waals surface area (Å²) < 4.78 is 10.5. The predicted molar refractivity (Wildman–Crippen MR) is 105 cm³/mol. The van der Waals surface area contributed by atoms with Crippen molar-refractivity contribution >= 4 is 11.9 Å². The largest absolute Gasteiger partial charge is 0.452 e. The van der Waals surface area contributed by atoms with E-state index in [1.165, 1.54) is 10.5 Å². The highest BCUT2D eigenvalue weighted by Gasteiger charge is 2.16. The minimum Gasteiger partial charge on any atom is -0.452 e. The number of hydrogen-bond acceptors (Lipinski definition) is 4. The van der Waals surface area contributed by atoms with E-state index in [9.17, 15) is 9.59 Å². The number of benzene rings is 2. The number of nitrogens with one attached hydrogen (secondary N) is 2. The molecule has 1 aliphatic rings. The van der Waals surface area contributed by atoms with Crippen molar-refractivity contribution in [2.75, 3.05) is 32.9 Å². The Morgan fingerprint density at radius 1 is 1.07 bits per heavy atom. The maximum Gasteiger partial charge on any atom is 0.338 e. The number of esters is 1. The number of hydrogen-bond donors (Lipinski definition) is 2. The van der Waals surface area contributed by atoms with Crippen molar-refractivity contribution in [2.45, 2.75) is 19.5 Å². The molecule has 2 N–H and O–H groups in total. The number of quaternary nitrogens is 1. The van der Waals surface area contributed by atoms with Crippen molar-refractivity contribution in [3.8, 4) is 0 Å². The minimum atomic E-state index is -0.493. The molecule has 6 heteroatoms. The maximum atomic E-state index is 12.2. The number of morpholine rings is 1. The van der Waals surface area contributed by atoms with Crippen LogP contribution in [0.5, 0.6) is 0 Å². The summed E-state index contributed by atoms with van der Waals surface area (Å²) in [7, 11) is 0. The lowest BCUT2D eigenvalue weighted by molar-refractivity contribution is -0.921. The number of ether oxygens (including phenoxy) is 2. The monoisotopic (exact) mass is 383 g/mol. The molecule has 0 aliphatic carbocycles. The first-order valence-electron chi connectivity index (χ1n) is 9.63. The molecule has 148 valence electrons. The molecule has 0 spiro atoms. The first-order valence-corrected chi connectivity index (χ1v) is 9.63. The zero-order valence-corrected chi connectivity index (χ0v) is 16.1. The van der Waals surface area contributed by atoms with E-state index in [1.54, 1.807) is 12.1 Å². The van der Waals surface area contributed by atoms with Crippen molar-refractivity contribution in [1.29, 1.82) is 0 Å². The summed E-state index contributed by atoms with van der Waals surface area (Å²) in [5.74, 6) is -0.815. The van der Waals surface area contributed by atoms with E-state index >= 15 is 0 Å². The summed E-state index contributed by atoms with van der Waals surface area (Å²) in [6, 6.07) is 16.9. The van der Waals surface area contributed by atoms with Crippen molar-refractivity contribution in [3.05, 3.63) is 71.3 Å². The van der Waals surface area contributed by atoms with E-state index in [0.29, 0.717) is 5.56 Å². The fraction of sp³-hybridized carbons (Fsp3) is 0.364. The van der Waals surface area contributed by atoms with Crippen LogP contribution in [0.1, 0.15) is 34.5 Å². The molecule has 0 unspecified atom stereocenters. The van der Waals surface area contributed by atoms with Crippen LogP contribution >= 0.6 is 0 Å². The summed E-state index contributed by atoms with van der Waals surface area (Å²) in [5, 5.41) is 2.83. The van der Waals surface area contributed by atoms with Gasteiger partial charge >= 0.3 is 5.97 Å². The molecule has 0 radical (unpaired) electrons. The lowest BCUT2D eigenvalue weighted by Gasteiger charge is -2.23. The van der Waals surface area contributed by atoms with Gasteiger partial charge in [0, 0.05) is 5.56 Å². The Bertz CT molecular complexity index is 771. The summed E-state index contributed by atoms with van der Waals surface area (Å²) in [6.07, 6.45) is 0. The number of carbonyl (C=O) groups is 2. The third kappa shape index (κ3) is 5.90. The Morgan fingerprint density at radius 3 is 2.43 bits per heavy atom. The smallest absolute Gasteiger partial charge is 0.338 e. The zero-order valence-electron chi connectivity index (χ0n) is 16.1. The van der Waals surface area contributed by atoms with Gasteiger partial charge in [-0.2, -0.15) is 0 Å². The van der Waals surface area contributed by atoms with Crippen LogP contribution in [0.4, 0.5) is 0 Å². The van der Waals surface area contributed by atoms with E-state index in [0.717, 1.165) is 38.4 Å². The average molecular weight is 383 g/mol. The quantitative estimate of drug-likeness (QED) is 0.704. The molecule has 1 heterocycles. The highest BCUT2D eigenvalue weighted by atomic mass is 16.5. The summed E-state index contributed by atoms with van der Waals surface area (Å²) >= 11 is 0. The molecule has 1 aliphatic heterocycles. The van der Waals surface area contributed by atoms with Crippen LogP contribution in [0.15, 0.2) is 54.6 Å². The van der Waals surface area contributed by atoms with E-state index in [2.05, 4.69) is 5.32 Å². The van der Waals surface area contributed by atoms with Gasteiger partial charge < -0.3 is 19.7 Å². The SMILES string of the molecule is C[C@H](NC(=O)COC(=O)c1ccc(C[NH+]2CCOCC2)cc1)c1ccccc1. The van der Waals surface area contributed by atoms with Crippen molar-refractivity contribution in [3.63, 3.8) is 0 Å². The first kappa shape index (κ1) is 20.0. The van der Waals surface area contributed by atoms with E-state index in [4.69, 9.17) is 9.47 Å². The molecule has 0 bridgehead atoms. The van der Waals surface area contributed by atoms with Gasteiger partial charge in [-0.15, -0.1) is 0 Å². The fourth-order valence-electron chi connectivity index (χ4n) is 3.21. The first-order chi connectivity index (χ1) is 13.6. The molecule has 3 rings (SSSR count). The van der Waals surface area contributed by atoms with Crippen LogP contribution in [0, 0.1) is 0 Å². The van der Waals surface area contributed by atoms with Gasteiger partial charge in [-0.25, -0.2) is 4.79 Å². The zero-order chi connectivity index (χ0) is 19.8. The maximum absolute atomic E-state index is 12.2. The summed E-state index contributed by atoms with van der Waals surface area (Å²) in [5.41, 5.74) is 2.62. The molecule has 0 saturated carbocycles. The van der Waals surface area contributed by atoms with Gasteiger partial charge in [-0.1, -0.05) is 42.5 Å². The second-order valence-electron chi connectivity index (χ2n) is 7.01.